The summed E-state index contributed by atoms with van der Waals surface area (Å²) in [6.07, 6.45) is 8.96. The first-order chi connectivity index (χ1) is 7.34. The molecule has 1 aromatic rings. The molecule has 0 saturated heterocycles. The number of rotatable bonds is 2. The molecule has 3 rings (SSSR count). The number of hydrogen-bond acceptors (Lipinski definition) is 2. The number of hydrogen-bond donors (Lipinski definition) is 1. The molecule has 0 aromatic carbocycles. The smallest absolute Gasteiger partial charge is 0.0535 e. The van der Waals surface area contributed by atoms with Crippen LogP contribution in [0.15, 0.2) is 6.07 Å². The molecule has 0 amide bonds. The quantitative estimate of drug-likeness (QED) is 0.815. The lowest BCUT2D eigenvalue weighted by atomic mass is 9.68. The minimum Gasteiger partial charge on any atom is -0.395 e. The Hall–Kier alpha value is -0.340. The third-order valence-electron chi connectivity index (χ3n) is 4.13. The van der Waals surface area contributed by atoms with Gasteiger partial charge in [-0.25, -0.2) is 0 Å². The highest BCUT2D eigenvalue weighted by Crippen LogP contribution is 2.47. The minimum absolute atomic E-state index is 0.169. The van der Waals surface area contributed by atoms with Crippen LogP contribution in [0.1, 0.15) is 47.4 Å². The van der Waals surface area contributed by atoms with Crippen molar-refractivity contribution in [1.29, 1.82) is 0 Å². The highest BCUT2D eigenvalue weighted by Gasteiger charge is 2.39. The fourth-order valence-electron chi connectivity index (χ4n) is 2.84. The average Bonchev–Trinajstić information content (AvgIpc) is 2.60. The van der Waals surface area contributed by atoms with Crippen molar-refractivity contribution in [2.45, 2.75) is 50.4 Å². The van der Waals surface area contributed by atoms with E-state index in [0.29, 0.717) is 6.61 Å². The van der Waals surface area contributed by atoms with Crippen LogP contribution in [-0.2, 0) is 18.3 Å². The maximum absolute atomic E-state index is 9.56. The zero-order chi connectivity index (χ0) is 10.3. The first-order valence-electron chi connectivity index (χ1n) is 6.07. The largest absolute Gasteiger partial charge is 0.395 e. The van der Waals surface area contributed by atoms with E-state index in [1.54, 1.807) is 10.4 Å². The Morgan fingerprint density at radius 3 is 2.60 bits per heavy atom. The molecule has 0 atom stereocenters. The van der Waals surface area contributed by atoms with Crippen LogP contribution in [0.2, 0.25) is 0 Å². The van der Waals surface area contributed by atoms with Gasteiger partial charge in [0, 0.05) is 15.2 Å². The van der Waals surface area contributed by atoms with Gasteiger partial charge in [0.2, 0.25) is 0 Å². The van der Waals surface area contributed by atoms with Gasteiger partial charge in [-0.3, -0.25) is 0 Å². The van der Waals surface area contributed by atoms with Crippen molar-refractivity contribution in [2.75, 3.05) is 6.61 Å². The van der Waals surface area contributed by atoms with E-state index in [2.05, 4.69) is 6.07 Å². The van der Waals surface area contributed by atoms with E-state index in [0.717, 1.165) is 0 Å². The Kier molecular flexibility index (Phi) is 2.37. The Morgan fingerprint density at radius 1 is 1.20 bits per heavy atom. The summed E-state index contributed by atoms with van der Waals surface area (Å²) in [7, 11) is 0. The van der Waals surface area contributed by atoms with Crippen molar-refractivity contribution < 1.29 is 5.11 Å². The lowest BCUT2D eigenvalue weighted by Gasteiger charge is -2.39. The number of aryl methyl sites for hydroxylation is 2. The van der Waals surface area contributed by atoms with Gasteiger partial charge in [0.15, 0.2) is 0 Å². The molecule has 2 heteroatoms. The van der Waals surface area contributed by atoms with Crippen LogP contribution in [0.25, 0.3) is 0 Å². The topological polar surface area (TPSA) is 20.2 Å². The molecule has 1 N–H and O–H groups in total. The van der Waals surface area contributed by atoms with E-state index in [9.17, 15) is 5.11 Å². The fourth-order valence-corrected chi connectivity index (χ4v) is 4.33. The molecule has 0 aliphatic heterocycles. The van der Waals surface area contributed by atoms with E-state index in [1.807, 2.05) is 11.3 Å². The summed E-state index contributed by atoms with van der Waals surface area (Å²) in [4.78, 5) is 3.08. The zero-order valence-corrected chi connectivity index (χ0v) is 9.91. The SMILES string of the molecule is OCC1(c2cc3c(s2)CCCC3)CCC1. The normalized spacial score (nSPS) is 23.3. The standard InChI is InChI=1S/C13H18OS/c14-9-13(6-3-7-13)12-8-10-4-1-2-5-11(10)15-12/h8,14H,1-7,9H2. The highest BCUT2D eigenvalue weighted by molar-refractivity contribution is 7.12. The predicted molar refractivity (Wildman–Crippen MR) is 63.6 cm³/mol. The zero-order valence-electron chi connectivity index (χ0n) is 9.09. The van der Waals surface area contributed by atoms with E-state index in [-0.39, 0.29) is 5.41 Å². The molecule has 1 heterocycles. The Labute approximate surface area is 95.1 Å². The van der Waals surface area contributed by atoms with Crippen LogP contribution < -0.4 is 0 Å². The Bertz CT molecular complexity index is 334. The van der Waals surface area contributed by atoms with Crippen LogP contribution in [0.3, 0.4) is 0 Å². The van der Waals surface area contributed by atoms with Crippen LogP contribution in [0.5, 0.6) is 0 Å². The summed E-state index contributed by atoms with van der Waals surface area (Å²) >= 11 is 1.98. The predicted octanol–water partition coefficient (Wildman–Crippen LogP) is 3.04. The third kappa shape index (κ3) is 1.46. The van der Waals surface area contributed by atoms with Crippen LogP contribution in [0.4, 0.5) is 0 Å². The van der Waals surface area contributed by atoms with Gasteiger partial charge in [-0.15, -0.1) is 11.3 Å². The maximum Gasteiger partial charge on any atom is 0.0535 e. The molecule has 2 aliphatic carbocycles. The van der Waals surface area contributed by atoms with Crippen molar-refractivity contribution in [3.8, 4) is 0 Å². The van der Waals surface area contributed by atoms with E-state index in [1.165, 1.54) is 49.8 Å². The van der Waals surface area contributed by atoms with Crippen LogP contribution >= 0.6 is 11.3 Å². The molecule has 0 radical (unpaired) electrons. The first-order valence-corrected chi connectivity index (χ1v) is 6.89. The molecule has 1 aromatic heterocycles. The molecule has 0 unspecified atom stereocenters. The summed E-state index contributed by atoms with van der Waals surface area (Å²) in [5, 5.41) is 9.56. The molecule has 1 saturated carbocycles. The Morgan fingerprint density at radius 2 is 2.00 bits per heavy atom. The third-order valence-corrected chi connectivity index (χ3v) is 5.62. The Balaban J connectivity index is 1.95. The second-order valence-electron chi connectivity index (χ2n) is 5.06. The van der Waals surface area contributed by atoms with Crippen molar-refractivity contribution in [1.82, 2.24) is 0 Å². The molecule has 0 bridgehead atoms. The van der Waals surface area contributed by atoms with Gasteiger partial charge in [0.1, 0.15) is 0 Å². The molecule has 1 fully saturated rings. The van der Waals surface area contributed by atoms with Gasteiger partial charge in [-0.2, -0.15) is 0 Å². The molecule has 82 valence electrons. The summed E-state index contributed by atoms with van der Waals surface area (Å²) < 4.78 is 0. The van der Waals surface area contributed by atoms with Gasteiger partial charge in [0.05, 0.1) is 6.61 Å². The summed E-state index contributed by atoms with van der Waals surface area (Å²) in [6, 6.07) is 2.40. The van der Waals surface area contributed by atoms with Crippen molar-refractivity contribution in [2.24, 2.45) is 0 Å². The first kappa shape index (κ1) is 9.86. The lowest BCUT2D eigenvalue weighted by Crippen LogP contribution is -2.37. The molecular formula is C13H18OS. The molecule has 2 aliphatic rings. The second kappa shape index (κ2) is 3.60. The van der Waals surface area contributed by atoms with E-state index < -0.39 is 0 Å². The molecule has 1 nitrogen and oxygen atoms in total. The number of fused-ring (bicyclic) bond motifs is 1. The highest BCUT2D eigenvalue weighted by atomic mass is 32.1. The van der Waals surface area contributed by atoms with Gasteiger partial charge in [0.25, 0.3) is 0 Å². The van der Waals surface area contributed by atoms with E-state index >= 15 is 0 Å². The van der Waals surface area contributed by atoms with E-state index in [4.69, 9.17) is 0 Å². The average molecular weight is 222 g/mol. The van der Waals surface area contributed by atoms with Gasteiger partial charge in [-0.05, 0) is 50.2 Å². The van der Waals surface area contributed by atoms with Gasteiger partial charge >= 0.3 is 0 Å². The fraction of sp³-hybridized carbons (Fsp3) is 0.692. The number of thiophene rings is 1. The number of aliphatic hydroxyl groups excluding tert-OH is 1. The van der Waals surface area contributed by atoms with Gasteiger partial charge in [-0.1, -0.05) is 6.42 Å². The minimum atomic E-state index is 0.169. The van der Waals surface area contributed by atoms with Crippen molar-refractivity contribution >= 4 is 11.3 Å². The monoisotopic (exact) mass is 222 g/mol. The summed E-state index contributed by atoms with van der Waals surface area (Å²) in [6.45, 7) is 0.354. The van der Waals surface area contributed by atoms with Gasteiger partial charge < -0.3 is 5.11 Å². The maximum atomic E-state index is 9.56. The molecule has 0 spiro atoms. The lowest BCUT2D eigenvalue weighted by molar-refractivity contribution is 0.123. The van der Waals surface area contributed by atoms with Crippen LogP contribution in [-0.4, -0.2) is 11.7 Å². The van der Waals surface area contributed by atoms with Crippen molar-refractivity contribution in [3.63, 3.8) is 0 Å². The second-order valence-corrected chi connectivity index (χ2v) is 6.19. The molecule has 15 heavy (non-hydrogen) atoms. The summed E-state index contributed by atoms with van der Waals surface area (Å²) in [5.41, 5.74) is 1.75. The molecular weight excluding hydrogens is 204 g/mol. The summed E-state index contributed by atoms with van der Waals surface area (Å²) in [5.74, 6) is 0. The van der Waals surface area contributed by atoms with Crippen molar-refractivity contribution in [3.05, 3.63) is 21.4 Å². The van der Waals surface area contributed by atoms with Crippen LogP contribution in [0, 0.1) is 0 Å². The number of aliphatic hydroxyl groups is 1.